The highest BCUT2D eigenvalue weighted by Gasteiger charge is 2.30. The molecule has 1 N–H and O–H groups in total. The van der Waals surface area contributed by atoms with Gasteiger partial charge in [-0.2, -0.15) is 0 Å². The summed E-state index contributed by atoms with van der Waals surface area (Å²) in [6.45, 7) is 1.30. The lowest BCUT2D eigenvalue weighted by Crippen LogP contribution is -2.45. The first-order valence-corrected chi connectivity index (χ1v) is 10.3. The van der Waals surface area contributed by atoms with Crippen LogP contribution >= 0.6 is 0 Å². The van der Waals surface area contributed by atoms with E-state index in [1.54, 1.807) is 12.1 Å². The molecule has 5 heteroatoms. The number of carbonyl (C=O) groups is 1. The number of likely N-dealkylation sites (tertiary alicyclic amines) is 1. The molecule has 3 aromatic carbocycles. The van der Waals surface area contributed by atoms with Gasteiger partial charge in [0.15, 0.2) is 0 Å². The first-order valence-electron chi connectivity index (χ1n) is 10.3. The van der Waals surface area contributed by atoms with E-state index in [-0.39, 0.29) is 17.8 Å². The van der Waals surface area contributed by atoms with Crippen molar-refractivity contribution in [1.29, 1.82) is 0 Å². The van der Waals surface area contributed by atoms with Gasteiger partial charge in [0, 0.05) is 30.4 Å². The van der Waals surface area contributed by atoms with Crippen molar-refractivity contribution in [3.8, 4) is 5.75 Å². The van der Waals surface area contributed by atoms with Crippen LogP contribution in [0.5, 0.6) is 5.75 Å². The van der Waals surface area contributed by atoms with Gasteiger partial charge in [0.1, 0.15) is 11.6 Å². The number of anilines is 1. The minimum atomic E-state index is -0.671. The maximum absolute atomic E-state index is 13.3. The van der Waals surface area contributed by atoms with E-state index in [1.807, 2.05) is 65.6 Å². The van der Waals surface area contributed by atoms with E-state index in [9.17, 15) is 9.18 Å². The zero-order valence-corrected chi connectivity index (χ0v) is 16.7. The predicted octanol–water partition coefficient (Wildman–Crippen LogP) is 5.05. The summed E-state index contributed by atoms with van der Waals surface area (Å²) in [5.41, 5.74) is 1.74. The zero-order chi connectivity index (χ0) is 20.8. The molecule has 154 valence electrons. The number of nitrogens with one attached hydrogen (secondary N) is 1. The normalized spacial score (nSPS) is 15.4. The van der Waals surface area contributed by atoms with Gasteiger partial charge in [-0.1, -0.05) is 48.5 Å². The van der Waals surface area contributed by atoms with Gasteiger partial charge in [-0.15, -0.1) is 0 Å². The third-order valence-corrected chi connectivity index (χ3v) is 5.35. The molecule has 4 nitrogen and oxygen atoms in total. The molecule has 1 heterocycles. The summed E-state index contributed by atoms with van der Waals surface area (Å²) in [5, 5.41) is 3.43. The Bertz CT molecular complexity index is 940. The van der Waals surface area contributed by atoms with Crippen molar-refractivity contribution in [3.05, 3.63) is 96.3 Å². The van der Waals surface area contributed by atoms with Crippen molar-refractivity contribution in [2.24, 2.45) is 0 Å². The smallest absolute Gasteiger partial charge is 0.268 e. The molecule has 0 spiro atoms. The summed E-state index contributed by atoms with van der Waals surface area (Å²) < 4.78 is 19.2. The number of para-hydroxylation sites is 1. The SMILES string of the molecule is O=C(C(Oc1ccccc1)c1ccccc1)N1CCC(Nc2ccc(F)cc2)CC1. The van der Waals surface area contributed by atoms with E-state index in [0.29, 0.717) is 18.8 Å². The molecule has 0 radical (unpaired) electrons. The fraction of sp³-hybridized carbons (Fsp3) is 0.240. The lowest BCUT2D eigenvalue weighted by molar-refractivity contribution is -0.140. The molecule has 0 saturated carbocycles. The summed E-state index contributed by atoms with van der Waals surface area (Å²) in [5.74, 6) is 0.407. The van der Waals surface area contributed by atoms with Crippen LogP contribution in [-0.2, 0) is 4.79 Å². The number of hydrogen-bond donors (Lipinski definition) is 1. The van der Waals surface area contributed by atoms with Gasteiger partial charge in [0.2, 0.25) is 6.10 Å². The average Bonchev–Trinajstić information content (AvgIpc) is 2.80. The number of nitrogens with zero attached hydrogens (tertiary/aromatic N) is 1. The van der Waals surface area contributed by atoms with Gasteiger partial charge >= 0.3 is 0 Å². The highest BCUT2D eigenvalue weighted by atomic mass is 19.1. The maximum Gasteiger partial charge on any atom is 0.268 e. The van der Waals surface area contributed by atoms with Gasteiger partial charge in [0.25, 0.3) is 5.91 Å². The largest absolute Gasteiger partial charge is 0.476 e. The van der Waals surface area contributed by atoms with Gasteiger partial charge in [-0.3, -0.25) is 4.79 Å². The molecule has 1 amide bonds. The van der Waals surface area contributed by atoms with Gasteiger partial charge < -0.3 is 15.0 Å². The van der Waals surface area contributed by atoms with E-state index in [4.69, 9.17) is 4.74 Å². The number of halogens is 1. The van der Waals surface area contributed by atoms with Crippen LogP contribution in [0.3, 0.4) is 0 Å². The minimum absolute atomic E-state index is 0.0229. The van der Waals surface area contributed by atoms with Gasteiger partial charge in [0.05, 0.1) is 0 Å². The van der Waals surface area contributed by atoms with E-state index in [1.165, 1.54) is 12.1 Å². The van der Waals surface area contributed by atoms with Crippen molar-refractivity contribution in [1.82, 2.24) is 4.90 Å². The number of amides is 1. The fourth-order valence-electron chi connectivity index (χ4n) is 3.72. The zero-order valence-electron chi connectivity index (χ0n) is 16.7. The second-order valence-corrected chi connectivity index (χ2v) is 7.47. The Morgan fingerprint density at radius 3 is 2.13 bits per heavy atom. The molecule has 30 heavy (non-hydrogen) atoms. The van der Waals surface area contributed by atoms with E-state index in [2.05, 4.69) is 5.32 Å². The summed E-state index contributed by atoms with van der Waals surface area (Å²) in [7, 11) is 0. The molecule has 1 unspecified atom stereocenters. The molecule has 0 bridgehead atoms. The molecule has 1 saturated heterocycles. The molecular formula is C25H25FN2O2. The fourth-order valence-corrected chi connectivity index (χ4v) is 3.72. The van der Waals surface area contributed by atoms with Crippen molar-refractivity contribution in [3.63, 3.8) is 0 Å². The van der Waals surface area contributed by atoms with Crippen molar-refractivity contribution in [2.45, 2.75) is 25.0 Å². The second-order valence-electron chi connectivity index (χ2n) is 7.47. The number of hydrogen-bond acceptors (Lipinski definition) is 3. The number of ether oxygens (including phenoxy) is 1. The molecular weight excluding hydrogens is 379 g/mol. The molecule has 1 aliphatic rings. The van der Waals surface area contributed by atoms with Crippen molar-refractivity contribution >= 4 is 11.6 Å². The quantitative estimate of drug-likeness (QED) is 0.625. The molecule has 3 aromatic rings. The third kappa shape index (κ3) is 4.98. The second kappa shape index (κ2) is 9.44. The molecule has 1 aliphatic heterocycles. The van der Waals surface area contributed by atoms with Crippen LogP contribution in [0.2, 0.25) is 0 Å². The van der Waals surface area contributed by atoms with Crippen LogP contribution in [0.1, 0.15) is 24.5 Å². The predicted molar refractivity (Wildman–Crippen MR) is 116 cm³/mol. The van der Waals surface area contributed by atoms with E-state index < -0.39 is 6.10 Å². The van der Waals surface area contributed by atoms with Crippen LogP contribution in [0.15, 0.2) is 84.9 Å². The van der Waals surface area contributed by atoms with E-state index in [0.717, 1.165) is 24.1 Å². The number of carbonyl (C=O) groups excluding carboxylic acids is 1. The summed E-state index contributed by atoms with van der Waals surface area (Å²) in [4.78, 5) is 15.2. The highest BCUT2D eigenvalue weighted by Crippen LogP contribution is 2.26. The standard InChI is InChI=1S/C25H25FN2O2/c26-20-11-13-21(14-12-20)27-22-15-17-28(18-16-22)25(29)24(19-7-3-1-4-8-19)30-23-9-5-2-6-10-23/h1-14,22,24,27H,15-18H2. The number of rotatable bonds is 6. The van der Waals surface area contributed by atoms with E-state index >= 15 is 0 Å². The number of piperidine rings is 1. The summed E-state index contributed by atoms with van der Waals surface area (Å²) >= 11 is 0. The summed E-state index contributed by atoms with van der Waals surface area (Å²) in [6, 6.07) is 25.7. The first kappa shape index (κ1) is 20.0. The van der Waals surface area contributed by atoms with Crippen LogP contribution in [0.25, 0.3) is 0 Å². The van der Waals surface area contributed by atoms with Crippen molar-refractivity contribution in [2.75, 3.05) is 18.4 Å². The highest BCUT2D eigenvalue weighted by molar-refractivity contribution is 5.83. The lowest BCUT2D eigenvalue weighted by atomic mass is 10.0. The Kier molecular flexibility index (Phi) is 6.28. The average molecular weight is 404 g/mol. The first-order chi connectivity index (χ1) is 14.7. The molecule has 1 fully saturated rings. The Labute approximate surface area is 176 Å². The molecule has 4 rings (SSSR count). The molecule has 1 atom stereocenters. The topological polar surface area (TPSA) is 41.6 Å². The third-order valence-electron chi connectivity index (χ3n) is 5.35. The van der Waals surface area contributed by atoms with Gasteiger partial charge in [-0.05, 0) is 49.2 Å². The maximum atomic E-state index is 13.3. The van der Waals surface area contributed by atoms with Crippen LogP contribution in [0.4, 0.5) is 10.1 Å². The van der Waals surface area contributed by atoms with Crippen LogP contribution in [0, 0.1) is 5.82 Å². The Morgan fingerprint density at radius 2 is 1.50 bits per heavy atom. The Hall–Kier alpha value is -3.34. The lowest BCUT2D eigenvalue weighted by Gasteiger charge is -2.35. The minimum Gasteiger partial charge on any atom is -0.476 e. The van der Waals surface area contributed by atoms with Crippen molar-refractivity contribution < 1.29 is 13.9 Å². The Balaban J connectivity index is 1.41. The summed E-state index contributed by atoms with van der Waals surface area (Å²) in [6.07, 6.45) is 0.988. The Morgan fingerprint density at radius 1 is 0.900 bits per heavy atom. The number of benzene rings is 3. The molecule has 0 aliphatic carbocycles. The van der Waals surface area contributed by atoms with Crippen LogP contribution < -0.4 is 10.1 Å². The monoisotopic (exact) mass is 404 g/mol. The molecule has 0 aromatic heterocycles. The van der Waals surface area contributed by atoms with Crippen LogP contribution in [-0.4, -0.2) is 29.9 Å². The van der Waals surface area contributed by atoms with Gasteiger partial charge in [-0.25, -0.2) is 4.39 Å².